The first-order chi connectivity index (χ1) is 9.34. The third-order valence-electron chi connectivity index (χ3n) is 2.85. The number of benzene rings is 1. The van der Waals surface area contributed by atoms with Gasteiger partial charge in [-0.3, -0.25) is 4.79 Å². The van der Waals surface area contributed by atoms with Crippen LogP contribution in [0.15, 0.2) is 22.7 Å². The van der Waals surface area contributed by atoms with E-state index in [4.69, 9.17) is 10.5 Å². The summed E-state index contributed by atoms with van der Waals surface area (Å²) in [4.78, 5) is 12.9. The van der Waals surface area contributed by atoms with Crippen LogP contribution in [0.1, 0.15) is 23.5 Å². The molecule has 108 valence electrons. The second kappa shape index (κ2) is 5.71. The van der Waals surface area contributed by atoms with Gasteiger partial charge in [-0.05, 0) is 26.0 Å². The predicted molar refractivity (Wildman–Crippen MR) is 87.4 cm³/mol. The normalized spacial score (nSPS) is 11.8. The number of amides is 1. The highest BCUT2D eigenvalue weighted by Gasteiger charge is 2.24. The lowest BCUT2D eigenvalue weighted by Gasteiger charge is -2.24. The highest BCUT2D eigenvalue weighted by atomic mass is 79.9. The van der Waals surface area contributed by atoms with Crippen molar-refractivity contribution in [3.63, 3.8) is 0 Å². The van der Waals surface area contributed by atoms with Crippen LogP contribution in [0.2, 0.25) is 0 Å². The number of carbonyl (C=O) groups excluding carboxylic acids is 1. The standard InChI is InChI=1S/C14H17BrN2O2S/c1-14(2,7-19-3)17-13(18)12-11(16)9-5-4-8(15)6-10(9)20-12/h4-6H,7,16H2,1-3H3,(H,17,18). The molecule has 0 aliphatic carbocycles. The zero-order valence-corrected chi connectivity index (χ0v) is 14.0. The Morgan fingerprint density at radius 3 is 2.85 bits per heavy atom. The monoisotopic (exact) mass is 356 g/mol. The van der Waals surface area contributed by atoms with Gasteiger partial charge < -0.3 is 15.8 Å². The molecule has 0 atom stereocenters. The molecule has 4 nitrogen and oxygen atoms in total. The summed E-state index contributed by atoms with van der Waals surface area (Å²) in [6.45, 7) is 4.26. The summed E-state index contributed by atoms with van der Waals surface area (Å²) in [5.41, 5.74) is 6.18. The van der Waals surface area contributed by atoms with E-state index in [9.17, 15) is 4.79 Å². The number of nitrogen functional groups attached to an aromatic ring is 1. The summed E-state index contributed by atoms with van der Waals surface area (Å²) in [5.74, 6) is -0.165. The Kier molecular flexibility index (Phi) is 4.36. The van der Waals surface area contributed by atoms with Gasteiger partial charge in [-0.1, -0.05) is 22.0 Å². The van der Waals surface area contributed by atoms with Crippen LogP contribution < -0.4 is 11.1 Å². The Morgan fingerprint density at radius 2 is 2.20 bits per heavy atom. The van der Waals surface area contributed by atoms with Crippen molar-refractivity contribution in [1.29, 1.82) is 0 Å². The van der Waals surface area contributed by atoms with Gasteiger partial charge >= 0.3 is 0 Å². The maximum absolute atomic E-state index is 12.4. The molecule has 1 aromatic heterocycles. The maximum Gasteiger partial charge on any atom is 0.264 e. The first-order valence-corrected chi connectivity index (χ1v) is 7.74. The Bertz CT molecular complexity index is 652. The molecule has 0 saturated heterocycles. The number of anilines is 1. The van der Waals surface area contributed by atoms with Crippen LogP contribution in [0, 0.1) is 0 Å². The highest BCUT2D eigenvalue weighted by Crippen LogP contribution is 2.35. The average Bonchev–Trinajstić information content (AvgIpc) is 2.65. The number of thiophene rings is 1. The van der Waals surface area contributed by atoms with Crippen molar-refractivity contribution in [2.75, 3.05) is 19.5 Å². The highest BCUT2D eigenvalue weighted by molar-refractivity contribution is 9.10. The molecule has 0 unspecified atom stereocenters. The van der Waals surface area contributed by atoms with Gasteiger partial charge in [-0.15, -0.1) is 11.3 Å². The summed E-state index contributed by atoms with van der Waals surface area (Å²) in [6.07, 6.45) is 0. The van der Waals surface area contributed by atoms with E-state index in [1.54, 1.807) is 7.11 Å². The second-order valence-corrected chi connectivity index (χ2v) is 7.22. The molecule has 0 aliphatic heterocycles. The largest absolute Gasteiger partial charge is 0.397 e. The molecule has 3 N–H and O–H groups in total. The summed E-state index contributed by atoms with van der Waals surface area (Å²) >= 11 is 4.82. The van der Waals surface area contributed by atoms with Crippen molar-refractivity contribution in [3.8, 4) is 0 Å². The van der Waals surface area contributed by atoms with Crippen LogP contribution in [-0.2, 0) is 4.74 Å². The SMILES string of the molecule is COCC(C)(C)NC(=O)c1sc2cc(Br)ccc2c1N. The molecular weight excluding hydrogens is 340 g/mol. The van der Waals surface area contributed by atoms with Gasteiger partial charge in [0.05, 0.1) is 17.8 Å². The molecule has 0 aliphatic rings. The van der Waals surface area contributed by atoms with Crippen molar-refractivity contribution >= 4 is 48.9 Å². The van der Waals surface area contributed by atoms with Crippen LogP contribution in [0.25, 0.3) is 10.1 Å². The third kappa shape index (κ3) is 3.13. The minimum absolute atomic E-state index is 0.165. The molecule has 0 saturated carbocycles. The van der Waals surface area contributed by atoms with Gasteiger partial charge in [0, 0.05) is 21.7 Å². The summed E-state index contributed by atoms with van der Waals surface area (Å²) in [7, 11) is 1.61. The lowest BCUT2D eigenvalue weighted by Crippen LogP contribution is -2.46. The average molecular weight is 357 g/mol. The lowest BCUT2D eigenvalue weighted by atomic mass is 10.1. The van der Waals surface area contributed by atoms with E-state index in [1.807, 2.05) is 32.0 Å². The first kappa shape index (κ1) is 15.3. The number of carbonyl (C=O) groups is 1. The fourth-order valence-electron chi connectivity index (χ4n) is 2.02. The lowest BCUT2D eigenvalue weighted by molar-refractivity contribution is 0.0824. The van der Waals surface area contributed by atoms with E-state index >= 15 is 0 Å². The van der Waals surface area contributed by atoms with Gasteiger partial charge in [0.15, 0.2) is 0 Å². The van der Waals surface area contributed by atoms with Crippen molar-refractivity contribution in [2.24, 2.45) is 0 Å². The van der Waals surface area contributed by atoms with E-state index in [-0.39, 0.29) is 5.91 Å². The Hall–Kier alpha value is -1.11. The second-order valence-electron chi connectivity index (χ2n) is 5.26. The van der Waals surface area contributed by atoms with E-state index in [0.29, 0.717) is 17.2 Å². The maximum atomic E-state index is 12.4. The Labute approximate surface area is 130 Å². The topological polar surface area (TPSA) is 64.3 Å². The Morgan fingerprint density at radius 1 is 1.50 bits per heavy atom. The molecule has 20 heavy (non-hydrogen) atoms. The number of nitrogens with one attached hydrogen (secondary N) is 1. The number of hydrogen-bond acceptors (Lipinski definition) is 4. The molecule has 0 radical (unpaired) electrons. The van der Waals surface area contributed by atoms with Gasteiger partial charge in [-0.2, -0.15) is 0 Å². The predicted octanol–water partition coefficient (Wildman–Crippen LogP) is 3.40. The summed E-state index contributed by atoms with van der Waals surface area (Å²) < 4.78 is 7.06. The number of hydrogen-bond donors (Lipinski definition) is 2. The molecule has 6 heteroatoms. The number of methoxy groups -OCH3 is 1. The number of nitrogens with two attached hydrogens (primary N) is 1. The van der Waals surface area contributed by atoms with Gasteiger partial charge in [-0.25, -0.2) is 0 Å². The molecule has 0 bridgehead atoms. The van der Waals surface area contributed by atoms with E-state index < -0.39 is 5.54 Å². The summed E-state index contributed by atoms with van der Waals surface area (Å²) in [6, 6.07) is 5.80. The Balaban J connectivity index is 2.33. The molecule has 2 aromatic rings. The zero-order valence-electron chi connectivity index (χ0n) is 11.6. The van der Waals surface area contributed by atoms with Gasteiger partial charge in [0.2, 0.25) is 0 Å². The fourth-order valence-corrected chi connectivity index (χ4v) is 3.59. The number of fused-ring (bicyclic) bond motifs is 1. The van der Waals surface area contributed by atoms with Gasteiger partial charge in [0.1, 0.15) is 4.88 Å². The van der Waals surface area contributed by atoms with Crippen molar-refractivity contribution in [3.05, 3.63) is 27.5 Å². The van der Waals surface area contributed by atoms with E-state index in [0.717, 1.165) is 14.6 Å². The number of rotatable bonds is 4. The number of halogens is 1. The molecular formula is C14H17BrN2O2S. The summed E-state index contributed by atoms with van der Waals surface area (Å²) in [5, 5.41) is 3.85. The first-order valence-electron chi connectivity index (χ1n) is 6.13. The van der Waals surface area contributed by atoms with Crippen molar-refractivity contribution in [1.82, 2.24) is 5.32 Å². The van der Waals surface area contributed by atoms with Crippen molar-refractivity contribution < 1.29 is 9.53 Å². The van der Waals surface area contributed by atoms with E-state index in [1.165, 1.54) is 11.3 Å². The van der Waals surface area contributed by atoms with Crippen LogP contribution >= 0.6 is 27.3 Å². The zero-order chi connectivity index (χ0) is 14.9. The fraction of sp³-hybridized carbons (Fsp3) is 0.357. The molecule has 2 rings (SSSR count). The third-order valence-corrected chi connectivity index (χ3v) is 4.51. The van der Waals surface area contributed by atoms with Crippen LogP contribution in [0.3, 0.4) is 0 Å². The van der Waals surface area contributed by atoms with Crippen LogP contribution in [-0.4, -0.2) is 25.2 Å². The van der Waals surface area contributed by atoms with Gasteiger partial charge in [0.25, 0.3) is 5.91 Å². The molecule has 0 fully saturated rings. The smallest absolute Gasteiger partial charge is 0.264 e. The molecule has 1 amide bonds. The van der Waals surface area contributed by atoms with Crippen LogP contribution in [0.4, 0.5) is 5.69 Å². The van der Waals surface area contributed by atoms with E-state index in [2.05, 4.69) is 21.2 Å². The molecule has 0 spiro atoms. The quantitative estimate of drug-likeness (QED) is 0.882. The minimum atomic E-state index is -0.435. The minimum Gasteiger partial charge on any atom is -0.397 e. The van der Waals surface area contributed by atoms with Crippen molar-refractivity contribution in [2.45, 2.75) is 19.4 Å². The molecule has 1 aromatic carbocycles. The number of ether oxygens (including phenoxy) is 1. The molecule has 1 heterocycles. The van der Waals surface area contributed by atoms with Crippen LogP contribution in [0.5, 0.6) is 0 Å².